The molecule has 0 atom stereocenters. The number of carbonyl (C=O) groups is 1. The number of methoxy groups -OCH3 is 1. The first-order valence-corrected chi connectivity index (χ1v) is 4.76. The van der Waals surface area contributed by atoms with Crippen molar-refractivity contribution in [3.05, 3.63) is 12.2 Å². The molecule has 6 nitrogen and oxygen atoms in total. The maximum absolute atomic E-state index is 11.0. The number of carbonyl (C=O) groups excluding carboxylic acids is 1. The van der Waals surface area contributed by atoms with Gasteiger partial charge in [-0.15, -0.1) is 5.10 Å². The molecule has 0 saturated heterocycles. The first kappa shape index (κ1) is 11.6. The van der Waals surface area contributed by atoms with Crippen LogP contribution in [0, 0.1) is 0 Å². The van der Waals surface area contributed by atoms with Crippen molar-refractivity contribution in [1.29, 1.82) is 0 Å². The number of hydrogen-bond acceptors (Lipinski definition) is 5. The highest BCUT2D eigenvalue weighted by molar-refractivity contribution is 5.84. The molecule has 15 heavy (non-hydrogen) atoms. The second-order valence-corrected chi connectivity index (χ2v) is 3.48. The van der Waals surface area contributed by atoms with Gasteiger partial charge in [0, 0.05) is 6.54 Å². The molecule has 0 unspecified atom stereocenters. The van der Waals surface area contributed by atoms with Gasteiger partial charge in [-0.2, -0.15) is 0 Å². The minimum Gasteiger partial charge on any atom is -0.463 e. The standard InChI is InChI=1S/C9H16N4O2/c1-12(2)5-4-6-13-7-10-8(11-13)9(14)15-3/h7H,4-6H2,1-3H3. The van der Waals surface area contributed by atoms with Crippen LogP contribution in [-0.2, 0) is 11.3 Å². The molecule has 0 aliphatic rings. The molecule has 0 saturated carbocycles. The van der Waals surface area contributed by atoms with Crippen LogP contribution in [0.2, 0.25) is 0 Å². The highest BCUT2D eigenvalue weighted by Gasteiger charge is 2.10. The zero-order chi connectivity index (χ0) is 11.3. The Balaban J connectivity index is 2.43. The molecule has 84 valence electrons. The van der Waals surface area contributed by atoms with Crippen LogP contribution >= 0.6 is 0 Å². The van der Waals surface area contributed by atoms with E-state index in [9.17, 15) is 4.79 Å². The van der Waals surface area contributed by atoms with Gasteiger partial charge in [0.2, 0.25) is 0 Å². The molecule has 1 heterocycles. The van der Waals surface area contributed by atoms with E-state index in [1.807, 2.05) is 14.1 Å². The summed E-state index contributed by atoms with van der Waals surface area (Å²) >= 11 is 0. The lowest BCUT2D eigenvalue weighted by molar-refractivity contribution is 0.0586. The fraction of sp³-hybridized carbons (Fsp3) is 0.667. The summed E-state index contributed by atoms with van der Waals surface area (Å²) in [5, 5.41) is 3.99. The third kappa shape index (κ3) is 3.67. The Hall–Kier alpha value is -1.43. The summed E-state index contributed by atoms with van der Waals surface area (Å²) in [6, 6.07) is 0. The Labute approximate surface area is 88.8 Å². The van der Waals surface area contributed by atoms with Gasteiger partial charge in [-0.05, 0) is 27.1 Å². The summed E-state index contributed by atoms with van der Waals surface area (Å²) in [6.07, 6.45) is 2.51. The number of rotatable bonds is 5. The Bertz CT molecular complexity index is 322. The van der Waals surface area contributed by atoms with Gasteiger partial charge < -0.3 is 9.64 Å². The van der Waals surface area contributed by atoms with E-state index >= 15 is 0 Å². The van der Waals surface area contributed by atoms with Crippen LogP contribution in [0.25, 0.3) is 0 Å². The van der Waals surface area contributed by atoms with E-state index in [2.05, 4.69) is 19.7 Å². The SMILES string of the molecule is COC(=O)c1ncn(CCCN(C)C)n1. The van der Waals surface area contributed by atoms with Gasteiger partial charge in [-0.25, -0.2) is 9.78 Å². The molecule has 0 amide bonds. The van der Waals surface area contributed by atoms with E-state index in [-0.39, 0.29) is 5.82 Å². The molecule has 0 spiro atoms. The second kappa shape index (κ2) is 5.45. The molecule has 1 rings (SSSR count). The molecule has 0 radical (unpaired) electrons. The van der Waals surface area contributed by atoms with Crippen molar-refractivity contribution in [1.82, 2.24) is 19.7 Å². The van der Waals surface area contributed by atoms with Gasteiger partial charge in [-0.3, -0.25) is 4.68 Å². The highest BCUT2D eigenvalue weighted by Crippen LogP contribution is 1.94. The third-order valence-electron chi connectivity index (χ3n) is 1.90. The molecular weight excluding hydrogens is 196 g/mol. The van der Waals surface area contributed by atoms with Crippen LogP contribution in [0.4, 0.5) is 0 Å². The molecule has 0 aliphatic carbocycles. The predicted octanol–water partition coefficient (Wildman–Crippen LogP) is 0.0164. The minimum absolute atomic E-state index is 0.113. The van der Waals surface area contributed by atoms with Gasteiger partial charge in [0.25, 0.3) is 5.82 Å². The van der Waals surface area contributed by atoms with Gasteiger partial charge in [0.1, 0.15) is 6.33 Å². The smallest absolute Gasteiger partial charge is 0.377 e. The summed E-state index contributed by atoms with van der Waals surface area (Å²) in [4.78, 5) is 17.0. The maximum Gasteiger partial charge on any atom is 0.377 e. The fourth-order valence-corrected chi connectivity index (χ4v) is 1.14. The first-order valence-electron chi connectivity index (χ1n) is 4.76. The van der Waals surface area contributed by atoms with Gasteiger partial charge in [-0.1, -0.05) is 0 Å². The van der Waals surface area contributed by atoms with Crippen LogP contribution in [0.5, 0.6) is 0 Å². The lowest BCUT2D eigenvalue weighted by Crippen LogP contribution is -2.15. The molecule has 0 aliphatic heterocycles. The largest absolute Gasteiger partial charge is 0.463 e. The molecule has 0 aromatic carbocycles. The van der Waals surface area contributed by atoms with Crippen LogP contribution in [-0.4, -0.2) is 53.4 Å². The van der Waals surface area contributed by atoms with Crippen molar-refractivity contribution in [2.75, 3.05) is 27.7 Å². The highest BCUT2D eigenvalue weighted by atomic mass is 16.5. The fourth-order valence-electron chi connectivity index (χ4n) is 1.14. The van der Waals surface area contributed by atoms with Crippen LogP contribution in [0.15, 0.2) is 6.33 Å². The molecule has 1 aromatic heterocycles. The minimum atomic E-state index is -0.499. The van der Waals surface area contributed by atoms with E-state index in [0.29, 0.717) is 0 Å². The zero-order valence-electron chi connectivity index (χ0n) is 9.30. The summed E-state index contributed by atoms with van der Waals surface area (Å²) in [5.74, 6) is -0.385. The average Bonchev–Trinajstić information content (AvgIpc) is 2.65. The van der Waals surface area contributed by atoms with Crippen molar-refractivity contribution < 1.29 is 9.53 Å². The van der Waals surface area contributed by atoms with E-state index in [1.54, 1.807) is 11.0 Å². The molecular formula is C9H16N4O2. The van der Waals surface area contributed by atoms with Crippen LogP contribution < -0.4 is 0 Å². The van der Waals surface area contributed by atoms with Gasteiger partial charge >= 0.3 is 5.97 Å². The average molecular weight is 212 g/mol. The Morgan fingerprint density at radius 2 is 2.33 bits per heavy atom. The van der Waals surface area contributed by atoms with E-state index in [0.717, 1.165) is 19.5 Å². The van der Waals surface area contributed by atoms with Crippen LogP contribution in [0.3, 0.4) is 0 Å². The first-order chi connectivity index (χ1) is 7.13. The monoisotopic (exact) mass is 212 g/mol. The zero-order valence-corrected chi connectivity index (χ0v) is 9.30. The number of nitrogens with zero attached hydrogens (tertiary/aromatic N) is 4. The van der Waals surface area contributed by atoms with Crippen LogP contribution in [0.1, 0.15) is 17.0 Å². The van der Waals surface area contributed by atoms with E-state index in [1.165, 1.54) is 7.11 Å². The van der Waals surface area contributed by atoms with Crippen molar-refractivity contribution >= 4 is 5.97 Å². The normalized spacial score (nSPS) is 10.7. The number of aryl methyl sites for hydroxylation is 1. The summed E-state index contributed by atoms with van der Waals surface area (Å²) < 4.78 is 6.16. The molecule has 0 fully saturated rings. The number of ether oxygens (including phenoxy) is 1. The predicted molar refractivity (Wildman–Crippen MR) is 54.5 cm³/mol. The van der Waals surface area contributed by atoms with Crippen molar-refractivity contribution in [2.45, 2.75) is 13.0 Å². The third-order valence-corrected chi connectivity index (χ3v) is 1.90. The van der Waals surface area contributed by atoms with Crippen molar-refractivity contribution in [2.24, 2.45) is 0 Å². The van der Waals surface area contributed by atoms with E-state index < -0.39 is 5.97 Å². The number of hydrogen-bond donors (Lipinski definition) is 0. The number of aromatic nitrogens is 3. The number of esters is 1. The molecule has 0 N–H and O–H groups in total. The van der Waals surface area contributed by atoms with Gasteiger partial charge in [0.15, 0.2) is 0 Å². The molecule has 0 bridgehead atoms. The lowest BCUT2D eigenvalue weighted by Gasteiger charge is -2.08. The Morgan fingerprint density at radius 1 is 1.60 bits per heavy atom. The Morgan fingerprint density at radius 3 is 2.93 bits per heavy atom. The lowest BCUT2D eigenvalue weighted by atomic mass is 10.4. The summed E-state index contributed by atoms with van der Waals surface area (Å²) in [6.45, 7) is 1.73. The van der Waals surface area contributed by atoms with Crippen molar-refractivity contribution in [3.63, 3.8) is 0 Å². The molecule has 1 aromatic rings. The summed E-state index contributed by atoms with van der Waals surface area (Å²) in [5.41, 5.74) is 0. The van der Waals surface area contributed by atoms with Gasteiger partial charge in [0.05, 0.1) is 7.11 Å². The van der Waals surface area contributed by atoms with E-state index in [4.69, 9.17) is 0 Å². The summed E-state index contributed by atoms with van der Waals surface area (Å²) in [7, 11) is 5.34. The Kier molecular flexibility index (Phi) is 4.23. The molecule has 6 heteroatoms. The van der Waals surface area contributed by atoms with Crippen molar-refractivity contribution in [3.8, 4) is 0 Å². The quantitative estimate of drug-likeness (QED) is 0.644. The second-order valence-electron chi connectivity index (χ2n) is 3.48. The topological polar surface area (TPSA) is 60.2 Å². The maximum atomic E-state index is 11.0.